The number of aliphatic carboxylic acids is 1. The van der Waals surface area contributed by atoms with Gasteiger partial charge in [-0.05, 0) is 30.9 Å². The van der Waals surface area contributed by atoms with Crippen LogP contribution in [-0.2, 0) is 4.79 Å². The van der Waals surface area contributed by atoms with Crippen LogP contribution in [0.15, 0.2) is 12.1 Å². The van der Waals surface area contributed by atoms with E-state index in [2.05, 4.69) is 0 Å². The predicted octanol–water partition coefficient (Wildman–Crippen LogP) is 3.23. The molecule has 106 valence electrons. The molecule has 19 heavy (non-hydrogen) atoms. The number of benzene rings is 1. The Morgan fingerprint density at radius 3 is 2.32 bits per heavy atom. The largest absolute Gasteiger partial charge is 0.497 e. The highest BCUT2D eigenvalue weighted by atomic mass is 16.5. The highest BCUT2D eigenvalue weighted by molar-refractivity contribution is 5.78. The molecule has 1 N–H and O–H groups in total. The average Bonchev–Trinajstić information content (AvgIpc) is 2.34. The fourth-order valence-corrected chi connectivity index (χ4v) is 2.28. The summed E-state index contributed by atoms with van der Waals surface area (Å²) in [5, 5.41) is 9.46. The fraction of sp³-hybridized carbons (Fsp3) is 0.533. The van der Waals surface area contributed by atoms with Crippen molar-refractivity contribution in [2.45, 2.75) is 33.1 Å². The molecule has 1 unspecified atom stereocenters. The number of carbonyl (C=O) groups is 1. The second-order valence-corrected chi connectivity index (χ2v) is 5.08. The van der Waals surface area contributed by atoms with Gasteiger partial charge in [0.2, 0.25) is 0 Å². The van der Waals surface area contributed by atoms with Crippen molar-refractivity contribution in [1.82, 2.24) is 0 Å². The number of rotatable bonds is 6. The zero-order valence-electron chi connectivity index (χ0n) is 12.2. The summed E-state index contributed by atoms with van der Waals surface area (Å²) in [6.45, 7) is 5.92. The maximum Gasteiger partial charge on any atom is 0.311 e. The van der Waals surface area contributed by atoms with Gasteiger partial charge in [0.1, 0.15) is 11.5 Å². The summed E-state index contributed by atoms with van der Waals surface area (Å²) in [4.78, 5) is 11.5. The predicted molar refractivity (Wildman–Crippen MR) is 74.1 cm³/mol. The smallest absolute Gasteiger partial charge is 0.311 e. The zero-order valence-corrected chi connectivity index (χ0v) is 12.2. The molecule has 0 spiro atoms. The molecule has 0 saturated heterocycles. The van der Waals surface area contributed by atoms with Crippen molar-refractivity contribution in [1.29, 1.82) is 0 Å². The summed E-state index contributed by atoms with van der Waals surface area (Å²) < 4.78 is 10.5. The Morgan fingerprint density at radius 2 is 1.89 bits per heavy atom. The molecule has 0 radical (unpaired) electrons. The van der Waals surface area contributed by atoms with Gasteiger partial charge in [-0.3, -0.25) is 4.79 Å². The van der Waals surface area contributed by atoms with E-state index in [1.807, 2.05) is 26.8 Å². The lowest BCUT2D eigenvalue weighted by Gasteiger charge is -2.21. The van der Waals surface area contributed by atoms with Crippen LogP contribution in [0.4, 0.5) is 0 Å². The van der Waals surface area contributed by atoms with Crippen LogP contribution < -0.4 is 9.47 Å². The summed E-state index contributed by atoms with van der Waals surface area (Å²) in [7, 11) is 3.13. The Kier molecular flexibility index (Phi) is 5.21. The Hall–Kier alpha value is -1.71. The molecular formula is C15H22O4. The van der Waals surface area contributed by atoms with Crippen molar-refractivity contribution >= 4 is 5.97 Å². The molecule has 0 aliphatic carbocycles. The molecule has 0 aliphatic heterocycles. The molecule has 4 nitrogen and oxygen atoms in total. The van der Waals surface area contributed by atoms with E-state index >= 15 is 0 Å². The van der Waals surface area contributed by atoms with E-state index in [-0.39, 0.29) is 0 Å². The number of methoxy groups -OCH3 is 2. The SMILES string of the molecule is COc1cc(C)c(C(CC(C)C)C(=O)O)c(OC)c1. The van der Waals surface area contributed by atoms with E-state index in [9.17, 15) is 9.90 Å². The Balaban J connectivity index is 3.32. The first-order chi connectivity index (χ1) is 8.90. The Labute approximate surface area is 114 Å². The van der Waals surface area contributed by atoms with Crippen LogP contribution in [0, 0.1) is 12.8 Å². The van der Waals surface area contributed by atoms with Crippen molar-refractivity contribution in [2.75, 3.05) is 14.2 Å². The van der Waals surface area contributed by atoms with Crippen molar-refractivity contribution in [3.8, 4) is 11.5 Å². The molecular weight excluding hydrogens is 244 g/mol. The quantitative estimate of drug-likeness (QED) is 0.859. The highest BCUT2D eigenvalue weighted by Gasteiger charge is 2.26. The van der Waals surface area contributed by atoms with E-state index in [0.717, 1.165) is 11.1 Å². The number of hydrogen-bond acceptors (Lipinski definition) is 3. The van der Waals surface area contributed by atoms with Crippen molar-refractivity contribution < 1.29 is 19.4 Å². The van der Waals surface area contributed by atoms with Gasteiger partial charge < -0.3 is 14.6 Å². The van der Waals surface area contributed by atoms with Crippen LogP contribution >= 0.6 is 0 Å². The molecule has 1 aromatic rings. The van der Waals surface area contributed by atoms with Crippen molar-refractivity contribution in [2.24, 2.45) is 5.92 Å². The van der Waals surface area contributed by atoms with Gasteiger partial charge in [-0.2, -0.15) is 0 Å². The van der Waals surface area contributed by atoms with Gasteiger partial charge in [0.15, 0.2) is 0 Å². The molecule has 4 heteroatoms. The first-order valence-electron chi connectivity index (χ1n) is 6.36. The molecule has 0 saturated carbocycles. The Bertz CT molecular complexity index is 452. The zero-order chi connectivity index (χ0) is 14.6. The van der Waals surface area contributed by atoms with Gasteiger partial charge in [-0.25, -0.2) is 0 Å². The topological polar surface area (TPSA) is 55.8 Å². The third kappa shape index (κ3) is 3.63. The minimum atomic E-state index is -0.819. The van der Waals surface area contributed by atoms with Gasteiger partial charge >= 0.3 is 5.97 Å². The first kappa shape index (κ1) is 15.3. The fourth-order valence-electron chi connectivity index (χ4n) is 2.28. The van der Waals surface area contributed by atoms with Crippen molar-refractivity contribution in [3.63, 3.8) is 0 Å². The molecule has 0 bridgehead atoms. The number of ether oxygens (including phenoxy) is 2. The van der Waals surface area contributed by atoms with E-state index in [4.69, 9.17) is 9.47 Å². The van der Waals surface area contributed by atoms with Crippen LogP contribution in [0.2, 0.25) is 0 Å². The molecule has 0 fully saturated rings. The van der Waals surface area contributed by atoms with E-state index < -0.39 is 11.9 Å². The third-order valence-electron chi connectivity index (χ3n) is 3.13. The van der Waals surface area contributed by atoms with E-state index in [0.29, 0.717) is 23.8 Å². The standard InChI is InChI=1S/C15H22O4/c1-9(2)6-12(15(16)17)14-10(3)7-11(18-4)8-13(14)19-5/h7-9,12H,6H2,1-5H3,(H,16,17). The van der Waals surface area contributed by atoms with Crippen LogP contribution in [0.1, 0.15) is 37.3 Å². The van der Waals surface area contributed by atoms with Gasteiger partial charge in [0.05, 0.1) is 20.1 Å². The second kappa shape index (κ2) is 6.45. The maximum absolute atomic E-state index is 11.5. The maximum atomic E-state index is 11.5. The number of aryl methyl sites for hydroxylation is 1. The number of hydrogen-bond donors (Lipinski definition) is 1. The number of carboxylic acid groups (broad SMARTS) is 1. The van der Waals surface area contributed by atoms with Gasteiger partial charge in [-0.1, -0.05) is 13.8 Å². The third-order valence-corrected chi connectivity index (χ3v) is 3.13. The van der Waals surface area contributed by atoms with Crippen LogP contribution in [0.3, 0.4) is 0 Å². The van der Waals surface area contributed by atoms with Crippen LogP contribution in [0.5, 0.6) is 11.5 Å². The molecule has 1 atom stereocenters. The van der Waals surface area contributed by atoms with Gasteiger partial charge in [0, 0.05) is 11.6 Å². The Morgan fingerprint density at radius 1 is 1.26 bits per heavy atom. The summed E-state index contributed by atoms with van der Waals surface area (Å²) in [5.74, 6) is 0.171. The van der Waals surface area contributed by atoms with Gasteiger partial charge in [0.25, 0.3) is 0 Å². The number of carboxylic acids is 1. The summed E-state index contributed by atoms with van der Waals surface area (Å²) in [6, 6.07) is 3.58. The minimum Gasteiger partial charge on any atom is -0.497 e. The van der Waals surface area contributed by atoms with Crippen molar-refractivity contribution in [3.05, 3.63) is 23.3 Å². The van der Waals surface area contributed by atoms with E-state index in [1.54, 1.807) is 20.3 Å². The highest BCUT2D eigenvalue weighted by Crippen LogP contribution is 2.37. The molecule has 1 rings (SSSR count). The molecule has 1 aromatic carbocycles. The summed E-state index contributed by atoms with van der Waals surface area (Å²) in [6.07, 6.45) is 0.582. The average molecular weight is 266 g/mol. The molecule has 0 heterocycles. The summed E-state index contributed by atoms with van der Waals surface area (Å²) >= 11 is 0. The lowest BCUT2D eigenvalue weighted by atomic mass is 9.87. The van der Waals surface area contributed by atoms with E-state index in [1.165, 1.54) is 0 Å². The van der Waals surface area contributed by atoms with Crippen LogP contribution in [-0.4, -0.2) is 25.3 Å². The lowest BCUT2D eigenvalue weighted by molar-refractivity contribution is -0.139. The monoisotopic (exact) mass is 266 g/mol. The van der Waals surface area contributed by atoms with Gasteiger partial charge in [-0.15, -0.1) is 0 Å². The lowest BCUT2D eigenvalue weighted by Crippen LogP contribution is -2.16. The molecule has 0 aliphatic rings. The molecule has 0 amide bonds. The minimum absolute atomic E-state index is 0.298. The second-order valence-electron chi connectivity index (χ2n) is 5.08. The summed E-state index contributed by atoms with van der Waals surface area (Å²) in [5.41, 5.74) is 1.62. The first-order valence-corrected chi connectivity index (χ1v) is 6.36. The molecule has 0 aromatic heterocycles. The normalized spacial score (nSPS) is 12.3. The van der Waals surface area contributed by atoms with Crippen LogP contribution in [0.25, 0.3) is 0 Å².